The van der Waals surface area contributed by atoms with E-state index in [0.717, 1.165) is 0 Å². The van der Waals surface area contributed by atoms with E-state index >= 15 is 0 Å². The molecule has 0 spiro atoms. The second-order valence-corrected chi connectivity index (χ2v) is 3.01. The van der Waals surface area contributed by atoms with Crippen molar-refractivity contribution in [3.05, 3.63) is 0 Å². The Morgan fingerprint density at radius 2 is 2.20 bits per heavy atom. The van der Waals surface area contributed by atoms with Gasteiger partial charge in [0.15, 0.2) is 0 Å². The minimum absolute atomic E-state index is 0.506. The van der Waals surface area contributed by atoms with E-state index in [4.69, 9.17) is 4.74 Å². The number of methoxy groups -OCH3 is 1. The topological polar surface area (TPSA) is 21.3 Å². The molecule has 1 N–H and O–H groups in total. The maximum absolute atomic E-state index is 5.28. The van der Waals surface area contributed by atoms with Gasteiger partial charge >= 0.3 is 0 Å². The first kappa shape index (κ1) is 8.02. The van der Waals surface area contributed by atoms with Gasteiger partial charge in [-0.2, -0.15) is 0 Å². The number of hydrogen-bond acceptors (Lipinski definition) is 2. The highest BCUT2D eigenvalue weighted by Crippen LogP contribution is 2.19. The zero-order valence-electron chi connectivity index (χ0n) is 6.89. The van der Waals surface area contributed by atoms with E-state index in [1.165, 1.54) is 25.7 Å². The Morgan fingerprint density at radius 3 is 2.80 bits per heavy atom. The molecule has 1 aliphatic carbocycles. The van der Waals surface area contributed by atoms with Crippen molar-refractivity contribution in [3.63, 3.8) is 0 Å². The van der Waals surface area contributed by atoms with E-state index in [-0.39, 0.29) is 0 Å². The van der Waals surface area contributed by atoms with Crippen LogP contribution in [0.5, 0.6) is 0 Å². The van der Waals surface area contributed by atoms with Gasteiger partial charge < -0.3 is 10.1 Å². The zero-order chi connectivity index (χ0) is 7.40. The average Bonchev–Trinajstić information content (AvgIpc) is 2.05. The van der Waals surface area contributed by atoms with E-state index < -0.39 is 0 Å². The SMILES string of the molecule is CN[C@@H]1CCC[C@H](OC)C1. The first-order chi connectivity index (χ1) is 4.86. The Hall–Kier alpha value is -0.0800. The lowest BCUT2D eigenvalue weighted by Gasteiger charge is -2.27. The van der Waals surface area contributed by atoms with Crippen LogP contribution in [0.4, 0.5) is 0 Å². The zero-order valence-corrected chi connectivity index (χ0v) is 6.89. The Kier molecular flexibility index (Phi) is 3.16. The van der Waals surface area contributed by atoms with E-state index in [1.807, 2.05) is 14.2 Å². The fourth-order valence-electron chi connectivity index (χ4n) is 1.62. The van der Waals surface area contributed by atoms with Crippen molar-refractivity contribution in [1.82, 2.24) is 5.32 Å². The average molecular weight is 143 g/mol. The van der Waals surface area contributed by atoms with Crippen molar-refractivity contribution in [3.8, 4) is 0 Å². The molecule has 1 saturated carbocycles. The van der Waals surface area contributed by atoms with Gasteiger partial charge in [0.1, 0.15) is 0 Å². The molecular formula is C8H17NO. The fraction of sp³-hybridized carbons (Fsp3) is 1.00. The largest absolute Gasteiger partial charge is 0.381 e. The summed E-state index contributed by atoms with van der Waals surface area (Å²) in [7, 11) is 3.84. The van der Waals surface area contributed by atoms with E-state index in [2.05, 4.69) is 5.32 Å². The molecule has 2 nitrogen and oxygen atoms in total. The molecule has 60 valence electrons. The summed E-state index contributed by atoms with van der Waals surface area (Å²) in [4.78, 5) is 0. The highest BCUT2D eigenvalue weighted by Gasteiger charge is 2.19. The smallest absolute Gasteiger partial charge is 0.0586 e. The van der Waals surface area contributed by atoms with Crippen LogP contribution in [0.1, 0.15) is 25.7 Å². The summed E-state index contributed by atoms with van der Waals surface area (Å²) >= 11 is 0. The summed E-state index contributed by atoms with van der Waals surface area (Å²) < 4.78 is 5.28. The van der Waals surface area contributed by atoms with Gasteiger partial charge in [-0.3, -0.25) is 0 Å². The molecule has 10 heavy (non-hydrogen) atoms. The number of hydrogen-bond donors (Lipinski definition) is 1. The first-order valence-electron chi connectivity index (χ1n) is 4.07. The van der Waals surface area contributed by atoms with Crippen LogP contribution in [0.3, 0.4) is 0 Å². The number of ether oxygens (including phenoxy) is 1. The van der Waals surface area contributed by atoms with Crippen molar-refractivity contribution in [2.75, 3.05) is 14.2 Å². The molecule has 2 heteroatoms. The Balaban J connectivity index is 2.25. The molecule has 0 heterocycles. The van der Waals surface area contributed by atoms with Gasteiger partial charge in [-0.15, -0.1) is 0 Å². The van der Waals surface area contributed by atoms with Crippen molar-refractivity contribution in [1.29, 1.82) is 0 Å². The van der Waals surface area contributed by atoms with Gasteiger partial charge in [0.05, 0.1) is 6.10 Å². The van der Waals surface area contributed by atoms with Crippen molar-refractivity contribution in [2.45, 2.75) is 37.8 Å². The van der Waals surface area contributed by atoms with Gasteiger partial charge in [0.25, 0.3) is 0 Å². The molecule has 0 aromatic heterocycles. The molecule has 0 aliphatic heterocycles. The Labute approximate surface area is 63.0 Å². The van der Waals surface area contributed by atoms with Crippen molar-refractivity contribution in [2.24, 2.45) is 0 Å². The molecule has 0 bridgehead atoms. The van der Waals surface area contributed by atoms with E-state index in [0.29, 0.717) is 12.1 Å². The fourth-order valence-corrected chi connectivity index (χ4v) is 1.62. The lowest BCUT2D eigenvalue weighted by Crippen LogP contribution is -2.34. The third kappa shape index (κ3) is 1.96. The van der Waals surface area contributed by atoms with Crippen LogP contribution >= 0.6 is 0 Å². The predicted octanol–water partition coefficient (Wildman–Crippen LogP) is 1.16. The Bertz CT molecular complexity index is 85.3. The molecule has 0 unspecified atom stereocenters. The normalized spacial score (nSPS) is 34.2. The van der Waals surface area contributed by atoms with Gasteiger partial charge in [-0.25, -0.2) is 0 Å². The van der Waals surface area contributed by atoms with E-state index in [9.17, 15) is 0 Å². The summed E-state index contributed by atoms with van der Waals surface area (Å²) in [5.41, 5.74) is 0. The van der Waals surface area contributed by atoms with Crippen LogP contribution < -0.4 is 5.32 Å². The van der Waals surface area contributed by atoms with Crippen LogP contribution in [0.15, 0.2) is 0 Å². The summed E-state index contributed by atoms with van der Waals surface area (Å²) in [6, 6.07) is 0.693. The highest BCUT2D eigenvalue weighted by atomic mass is 16.5. The molecule has 0 radical (unpaired) electrons. The molecule has 0 aromatic rings. The monoisotopic (exact) mass is 143 g/mol. The lowest BCUT2D eigenvalue weighted by atomic mass is 9.93. The maximum Gasteiger partial charge on any atom is 0.0586 e. The summed E-state index contributed by atoms with van der Waals surface area (Å²) in [5.74, 6) is 0. The van der Waals surface area contributed by atoms with Gasteiger partial charge in [-0.05, 0) is 32.7 Å². The molecule has 0 amide bonds. The third-order valence-corrected chi connectivity index (χ3v) is 2.37. The van der Waals surface area contributed by atoms with Crippen molar-refractivity contribution < 1.29 is 4.74 Å². The molecule has 0 saturated heterocycles. The summed E-state index contributed by atoms with van der Waals surface area (Å²) in [5, 5.41) is 3.29. The third-order valence-electron chi connectivity index (χ3n) is 2.37. The standard InChI is InChI=1S/C8H17NO/c1-9-7-4-3-5-8(6-7)10-2/h7-9H,3-6H2,1-2H3/t7-,8+/m1/s1. The minimum atomic E-state index is 0.506. The van der Waals surface area contributed by atoms with Crippen molar-refractivity contribution >= 4 is 0 Å². The van der Waals surface area contributed by atoms with Gasteiger partial charge in [0, 0.05) is 13.2 Å². The predicted molar refractivity (Wildman–Crippen MR) is 42.1 cm³/mol. The second kappa shape index (κ2) is 3.94. The van der Waals surface area contributed by atoms with Crippen LogP contribution in [0.2, 0.25) is 0 Å². The first-order valence-corrected chi connectivity index (χ1v) is 4.07. The lowest BCUT2D eigenvalue weighted by molar-refractivity contribution is 0.0601. The van der Waals surface area contributed by atoms with Gasteiger partial charge in [0.2, 0.25) is 0 Å². The molecule has 2 atom stereocenters. The molecule has 1 aliphatic rings. The number of rotatable bonds is 2. The van der Waals surface area contributed by atoms with Crippen LogP contribution in [0.25, 0.3) is 0 Å². The summed E-state index contributed by atoms with van der Waals surface area (Å²) in [6.07, 6.45) is 5.56. The minimum Gasteiger partial charge on any atom is -0.381 e. The van der Waals surface area contributed by atoms with Crippen LogP contribution in [-0.4, -0.2) is 26.3 Å². The van der Waals surface area contributed by atoms with E-state index in [1.54, 1.807) is 0 Å². The van der Waals surface area contributed by atoms with Crippen LogP contribution in [0, 0.1) is 0 Å². The highest BCUT2D eigenvalue weighted by molar-refractivity contribution is 4.76. The quantitative estimate of drug-likeness (QED) is 0.626. The molecule has 0 aromatic carbocycles. The second-order valence-electron chi connectivity index (χ2n) is 3.01. The molecular weight excluding hydrogens is 126 g/mol. The molecule has 1 fully saturated rings. The maximum atomic E-state index is 5.28. The summed E-state index contributed by atoms with van der Waals surface area (Å²) in [6.45, 7) is 0. The van der Waals surface area contributed by atoms with Crippen LogP contribution in [-0.2, 0) is 4.74 Å². The Morgan fingerprint density at radius 1 is 1.40 bits per heavy atom. The number of nitrogens with one attached hydrogen (secondary N) is 1. The molecule has 1 rings (SSSR count). The van der Waals surface area contributed by atoms with Gasteiger partial charge in [-0.1, -0.05) is 0 Å².